The van der Waals surface area contributed by atoms with Crippen LogP contribution in [0.3, 0.4) is 0 Å². The first-order valence-electron chi connectivity index (χ1n) is 5.24. The van der Waals surface area contributed by atoms with Gasteiger partial charge in [0.2, 0.25) is 0 Å². The van der Waals surface area contributed by atoms with Crippen molar-refractivity contribution in [3.05, 3.63) is 11.6 Å². The van der Waals surface area contributed by atoms with Crippen LogP contribution in [0.2, 0.25) is 0 Å². The van der Waals surface area contributed by atoms with Gasteiger partial charge in [0.25, 0.3) is 0 Å². The summed E-state index contributed by atoms with van der Waals surface area (Å²) in [6, 6.07) is 0. The molecule has 1 saturated carbocycles. The van der Waals surface area contributed by atoms with E-state index in [-0.39, 0.29) is 0 Å². The molecule has 0 bridgehead atoms. The van der Waals surface area contributed by atoms with E-state index in [1.54, 1.807) is 5.57 Å². The molecule has 1 unspecified atom stereocenters. The summed E-state index contributed by atoms with van der Waals surface area (Å²) < 4.78 is 0. The molecule has 0 heterocycles. The molecule has 0 aliphatic heterocycles. The van der Waals surface area contributed by atoms with Crippen molar-refractivity contribution in [2.24, 2.45) is 23.5 Å². The van der Waals surface area contributed by atoms with Crippen LogP contribution in [0.1, 0.15) is 32.6 Å². The Morgan fingerprint density at radius 3 is 3.08 bits per heavy atom. The van der Waals surface area contributed by atoms with Gasteiger partial charge in [0.05, 0.1) is 0 Å². The second-order valence-corrected chi connectivity index (χ2v) is 4.35. The average Bonchev–Trinajstić information content (AvgIpc) is 2.33. The van der Waals surface area contributed by atoms with Crippen molar-refractivity contribution in [3.63, 3.8) is 0 Å². The monoisotopic (exact) mass is 165 g/mol. The van der Waals surface area contributed by atoms with Gasteiger partial charge in [-0.1, -0.05) is 25.0 Å². The Hall–Kier alpha value is -0.300. The second-order valence-electron chi connectivity index (χ2n) is 4.35. The predicted octanol–water partition coefficient (Wildman–Crippen LogP) is 2.33. The third kappa shape index (κ3) is 1.20. The lowest BCUT2D eigenvalue weighted by molar-refractivity contribution is 0.137. The summed E-state index contributed by atoms with van der Waals surface area (Å²) in [6.07, 6.45) is 7.93. The zero-order chi connectivity index (χ0) is 8.55. The van der Waals surface area contributed by atoms with Crippen LogP contribution in [-0.4, -0.2) is 6.54 Å². The van der Waals surface area contributed by atoms with Crippen LogP contribution in [-0.2, 0) is 0 Å². The largest absolute Gasteiger partial charge is 0.330 e. The molecule has 2 rings (SSSR count). The Morgan fingerprint density at radius 1 is 1.58 bits per heavy atom. The highest BCUT2D eigenvalue weighted by Gasteiger charge is 2.41. The highest BCUT2D eigenvalue weighted by atomic mass is 14.6. The van der Waals surface area contributed by atoms with Crippen LogP contribution in [0.15, 0.2) is 11.6 Å². The molecule has 0 radical (unpaired) electrons. The highest BCUT2D eigenvalue weighted by Crippen LogP contribution is 2.50. The number of hydrogen-bond donors (Lipinski definition) is 1. The van der Waals surface area contributed by atoms with Crippen molar-refractivity contribution in [3.8, 4) is 0 Å². The standard InChI is InChI=1S/C11H19N/c1-2-3-8-4-9-6-10(7-12)11(9)5-8/h5,9-11H,2-4,6-7,12H2,1H3/t9-,10?,11+/m1/s1. The summed E-state index contributed by atoms with van der Waals surface area (Å²) in [7, 11) is 0. The Balaban J connectivity index is 1.93. The molecule has 12 heavy (non-hydrogen) atoms. The summed E-state index contributed by atoms with van der Waals surface area (Å²) >= 11 is 0. The zero-order valence-electron chi connectivity index (χ0n) is 7.92. The number of nitrogens with two attached hydrogens (primary N) is 1. The predicted molar refractivity (Wildman–Crippen MR) is 51.7 cm³/mol. The lowest BCUT2D eigenvalue weighted by Crippen LogP contribution is -2.37. The molecule has 68 valence electrons. The van der Waals surface area contributed by atoms with Crippen LogP contribution in [0.25, 0.3) is 0 Å². The van der Waals surface area contributed by atoms with E-state index >= 15 is 0 Å². The molecule has 0 aromatic heterocycles. The van der Waals surface area contributed by atoms with Crippen LogP contribution in [0, 0.1) is 17.8 Å². The van der Waals surface area contributed by atoms with Gasteiger partial charge in [-0.2, -0.15) is 0 Å². The molecule has 1 heteroatoms. The topological polar surface area (TPSA) is 26.0 Å². The first-order valence-corrected chi connectivity index (χ1v) is 5.24. The molecule has 1 nitrogen and oxygen atoms in total. The van der Waals surface area contributed by atoms with Gasteiger partial charge in [0.15, 0.2) is 0 Å². The smallest absolute Gasteiger partial charge is 0.00430 e. The van der Waals surface area contributed by atoms with Gasteiger partial charge in [-0.15, -0.1) is 0 Å². The molecule has 2 aliphatic rings. The molecule has 0 amide bonds. The normalized spacial score (nSPS) is 38.8. The molecule has 2 N–H and O–H groups in total. The van der Waals surface area contributed by atoms with Crippen LogP contribution in [0.5, 0.6) is 0 Å². The van der Waals surface area contributed by atoms with E-state index in [1.165, 1.54) is 25.7 Å². The number of fused-ring (bicyclic) bond motifs is 1. The van der Waals surface area contributed by atoms with Gasteiger partial charge >= 0.3 is 0 Å². The van der Waals surface area contributed by atoms with E-state index in [0.717, 1.165) is 24.3 Å². The van der Waals surface area contributed by atoms with Gasteiger partial charge in [-0.25, -0.2) is 0 Å². The van der Waals surface area contributed by atoms with Crippen molar-refractivity contribution < 1.29 is 0 Å². The summed E-state index contributed by atoms with van der Waals surface area (Å²) in [4.78, 5) is 0. The maximum absolute atomic E-state index is 5.68. The van der Waals surface area contributed by atoms with Gasteiger partial charge < -0.3 is 5.73 Å². The fourth-order valence-electron chi connectivity index (χ4n) is 2.82. The summed E-state index contributed by atoms with van der Waals surface area (Å²) in [5.41, 5.74) is 7.39. The van der Waals surface area contributed by atoms with Gasteiger partial charge in [0.1, 0.15) is 0 Å². The first-order chi connectivity index (χ1) is 5.85. The number of allylic oxidation sites excluding steroid dienone is 2. The summed E-state index contributed by atoms with van der Waals surface area (Å²) in [5, 5.41) is 0. The van der Waals surface area contributed by atoms with E-state index in [9.17, 15) is 0 Å². The van der Waals surface area contributed by atoms with Crippen molar-refractivity contribution in [2.75, 3.05) is 6.54 Å². The van der Waals surface area contributed by atoms with Crippen molar-refractivity contribution >= 4 is 0 Å². The molecular formula is C11H19N. The van der Waals surface area contributed by atoms with Crippen LogP contribution in [0.4, 0.5) is 0 Å². The van der Waals surface area contributed by atoms with Crippen molar-refractivity contribution in [1.29, 1.82) is 0 Å². The number of hydrogen-bond acceptors (Lipinski definition) is 1. The maximum Gasteiger partial charge on any atom is -0.00430 e. The SMILES string of the molecule is CCCC1=C[C@@H]2C(CN)C[C@H]2C1. The van der Waals surface area contributed by atoms with Gasteiger partial charge in [0, 0.05) is 0 Å². The minimum atomic E-state index is 0.823. The third-order valence-corrected chi connectivity index (χ3v) is 3.52. The maximum atomic E-state index is 5.68. The van der Waals surface area contributed by atoms with E-state index in [1.807, 2.05) is 0 Å². The lowest BCUT2D eigenvalue weighted by Gasteiger charge is -2.39. The van der Waals surface area contributed by atoms with E-state index in [0.29, 0.717) is 0 Å². The Labute approximate surface area is 75.0 Å². The van der Waals surface area contributed by atoms with E-state index < -0.39 is 0 Å². The first kappa shape index (κ1) is 8.31. The van der Waals surface area contributed by atoms with Gasteiger partial charge in [-0.3, -0.25) is 0 Å². The minimum absolute atomic E-state index is 0.823. The fourth-order valence-corrected chi connectivity index (χ4v) is 2.82. The van der Waals surface area contributed by atoms with Crippen molar-refractivity contribution in [2.45, 2.75) is 32.6 Å². The Bertz CT molecular complexity index is 195. The molecule has 2 aliphatic carbocycles. The highest BCUT2D eigenvalue weighted by molar-refractivity contribution is 5.19. The molecule has 1 fully saturated rings. The molecule has 0 spiro atoms. The zero-order valence-corrected chi connectivity index (χ0v) is 7.92. The van der Waals surface area contributed by atoms with Crippen molar-refractivity contribution in [1.82, 2.24) is 0 Å². The third-order valence-electron chi connectivity index (χ3n) is 3.52. The summed E-state index contributed by atoms with van der Waals surface area (Å²) in [5.74, 6) is 2.68. The van der Waals surface area contributed by atoms with E-state index in [2.05, 4.69) is 13.0 Å². The molecule has 0 aromatic rings. The van der Waals surface area contributed by atoms with Gasteiger partial charge in [-0.05, 0) is 43.6 Å². The molecule has 0 aromatic carbocycles. The van der Waals surface area contributed by atoms with Crippen LogP contribution < -0.4 is 5.73 Å². The Morgan fingerprint density at radius 2 is 2.42 bits per heavy atom. The van der Waals surface area contributed by atoms with E-state index in [4.69, 9.17) is 5.73 Å². The molecular weight excluding hydrogens is 146 g/mol. The summed E-state index contributed by atoms with van der Waals surface area (Å²) in [6.45, 7) is 3.17. The molecule has 0 saturated heterocycles. The Kier molecular flexibility index (Phi) is 2.22. The fraction of sp³-hybridized carbons (Fsp3) is 0.818. The lowest BCUT2D eigenvalue weighted by atomic mass is 9.66. The van der Waals surface area contributed by atoms with Crippen LogP contribution >= 0.6 is 0 Å². The number of rotatable bonds is 3. The average molecular weight is 165 g/mol. The second kappa shape index (κ2) is 3.21. The quantitative estimate of drug-likeness (QED) is 0.638. The minimum Gasteiger partial charge on any atom is -0.330 e. The molecule has 3 atom stereocenters.